The molecule has 11 nitrogen and oxygen atoms in total. The average Bonchev–Trinajstić information content (AvgIpc) is 2.83. The van der Waals surface area contributed by atoms with E-state index < -0.39 is 36.2 Å². The SMILES string of the molecule is O=P([O-])([O-])OP(=O)([O-])OP(=O)([O-])OC[C@@H]1CC[C@H](C2CC[C@H]2C2CCC2)O1. The third kappa shape index (κ3) is 6.17. The topological polar surface area (TPSA) is 180 Å². The predicted octanol–water partition coefficient (Wildman–Crippen LogP) is 0.176. The fourth-order valence-corrected chi connectivity index (χ4v) is 6.98. The summed E-state index contributed by atoms with van der Waals surface area (Å²) in [5.41, 5.74) is 0. The van der Waals surface area contributed by atoms with Gasteiger partial charge >= 0.3 is 0 Å². The van der Waals surface area contributed by atoms with Crippen molar-refractivity contribution in [1.29, 1.82) is 0 Å². The molecule has 2 aliphatic carbocycles. The van der Waals surface area contributed by atoms with Crippen LogP contribution in [-0.4, -0.2) is 18.8 Å². The van der Waals surface area contributed by atoms with E-state index in [4.69, 9.17) is 4.74 Å². The first-order chi connectivity index (χ1) is 12.4. The van der Waals surface area contributed by atoms with Gasteiger partial charge in [0.25, 0.3) is 15.6 Å². The smallest absolute Gasteiger partial charge is 0.278 e. The van der Waals surface area contributed by atoms with Gasteiger partial charge in [0.2, 0.25) is 0 Å². The van der Waals surface area contributed by atoms with Crippen molar-refractivity contribution in [2.75, 3.05) is 6.61 Å². The molecule has 3 aliphatic rings. The van der Waals surface area contributed by atoms with E-state index in [9.17, 15) is 33.3 Å². The van der Waals surface area contributed by atoms with Crippen LogP contribution in [0.2, 0.25) is 0 Å². The maximum Gasteiger partial charge on any atom is 0.278 e. The molecule has 0 amide bonds. The number of phosphoric acid groups is 3. The molecule has 1 aliphatic heterocycles. The lowest BCUT2D eigenvalue weighted by Gasteiger charge is -2.48. The lowest BCUT2D eigenvalue weighted by Crippen LogP contribution is -2.42. The number of phosphoric ester groups is 1. The van der Waals surface area contributed by atoms with Gasteiger partial charge in [-0.05, 0) is 43.4 Å². The van der Waals surface area contributed by atoms with E-state index in [1.54, 1.807) is 0 Å². The zero-order valence-electron chi connectivity index (χ0n) is 14.4. The minimum Gasteiger partial charge on any atom is -0.790 e. The van der Waals surface area contributed by atoms with Gasteiger partial charge in [-0.15, -0.1) is 0 Å². The van der Waals surface area contributed by atoms with Crippen LogP contribution in [0.1, 0.15) is 44.9 Å². The lowest BCUT2D eigenvalue weighted by atomic mass is 9.59. The third-order valence-electron chi connectivity index (χ3n) is 5.58. The second-order valence-corrected chi connectivity index (χ2v) is 11.5. The largest absolute Gasteiger partial charge is 0.790 e. The summed E-state index contributed by atoms with van der Waals surface area (Å²) in [6.07, 6.45) is 6.89. The fourth-order valence-electron chi connectivity index (χ4n) is 4.10. The summed E-state index contributed by atoms with van der Waals surface area (Å²) < 4.78 is 49.9. The molecule has 0 aromatic rings. The molecule has 2 saturated carbocycles. The van der Waals surface area contributed by atoms with E-state index in [-0.39, 0.29) is 6.10 Å². The van der Waals surface area contributed by atoms with E-state index in [0.29, 0.717) is 18.3 Å². The van der Waals surface area contributed by atoms with Gasteiger partial charge in [-0.3, -0.25) is 13.4 Å². The van der Waals surface area contributed by atoms with Crippen LogP contribution >= 0.6 is 23.5 Å². The average molecular weight is 446 g/mol. The van der Waals surface area contributed by atoms with Crippen molar-refractivity contribution in [2.45, 2.75) is 57.2 Å². The maximum atomic E-state index is 11.5. The highest BCUT2D eigenvalue weighted by atomic mass is 31.3. The normalized spacial score (nSPS) is 36.4. The Morgan fingerprint density at radius 2 is 1.48 bits per heavy atom. The molecule has 0 N–H and O–H groups in total. The van der Waals surface area contributed by atoms with Crippen LogP contribution in [0.25, 0.3) is 0 Å². The van der Waals surface area contributed by atoms with Crippen molar-refractivity contribution < 1.29 is 51.2 Å². The van der Waals surface area contributed by atoms with Gasteiger partial charge < -0.3 is 33.4 Å². The van der Waals surface area contributed by atoms with E-state index in [0.717, 1.165) is 18.8 Å². The Kier molecular flexibility index (Phi) is 6.74. The molecule has 1 heterocycles. The molecular weight excluding hydrogens is 425 g/mol. The van der Waals surface area contributed by atoms with Crippen molar-refractivity contribution in [3.8, 4) is 0 Å². The van der Waals surface area contributed by atoms with Gasteiger partial charge in [-0.1, -0.05) is 19.3 Å². The van der Waals surface area contributed by atoms with E-state index >= 15 is 0 Å². The van der Waals surface area contributed by atoms with Crippen molar-refractivity contribution in [3.05, 3.63) is 0 Å². The maximum absolute atomic E-state index is 11.5. The first-order valence-corrected chi connectivity index (χ1v) is 13.2. The molecule has 27 heavy (non-hydrogen) atoms. The first kappa shape index (κ1) is 22.1. The van der Waals surface area contributed by atoms with Gasteiger partial charge in [-0.2, -0.15) is 0 Å². The minimum absolute atomic E-state index is 0.0330. The van der Waals surface area contributed by atoms with E-state index in [1.165, 1.54) is 25.7 Å². The van der Waals surface area contributed by atoms with E-state index in [2.05, 4.69) is 13.1 Å². The molecular formula is C13H21O11P3-4. The Morgan fingerprint density at radius 3 is 2.00 bits per heavy atom. The summed E-state index contributed by atoms with van der Waals surface area (Å²) in [5, 5.41) is 0. The first-order valence-electron chi connectivity index (χ1n) is 8.81. The lowest BCUT2D eigenvalue weighted by molar-refractivity contribution is -0.339. The van der Waals surface area contributed by atoms with Crippen LogP contribution < -0.4 is 19.6 Å². The standard InChI is InChI=1S/C13H25O11P3/c14-25(15,16)23-27(19,20)24-26(17,18)21-8-10-4-7-13(22-10)12-6-5-11(12)9-2-1-3-9/h9-13H,1-8H2,(H,17,18)(H,19,20)(H2,14,15,16)/p-4/t10-,11-,12?,13+/m0/s1. The highest BCUT2D eigenvalue weighted by Crippen LogP contribution is 2.60. The second kappa shape index (κ2) is 8.25. The molecule has 0 spiro atoms. The summed E-state index contributed by atoms with van der Waals surface area (Å²) in [5.74, 6) is 1.90. The molecule has 3 fully saturated rings. The van der Waals surface area contributed by atoms with Crippen LogP contribution in [-0.2, 0) is 31.6 Å². The predicted molar refractivity (Wildman–Crippen MR) is 82.4 cm³/mol. The Morgan fingerprint density at radius 1 is 0.815 bits per heavy atom. The molecule has 3 unspecified atom stereocenters. The quantitative estimate of drug-likeness (QED) is 0.441. The van der Waals surface area contributed by atoms with Crippen molar-refractivity contribution >= 4 is 23.5 Å². The molecule has 158 valence electrons. The molecule has 0 bridgehead atoms. The molecule has 3 rings (SSSR count). The molecule has 0 aromatic carbocycles. The molecule has 0 aromatic heterocycles. The summed E-state index contributed by atoms with van der Waals surface area (Å²) in [4.78, 5) is 43.2. The van der Waals surface area contributed by atoms with Crippen molar-refractivity contribution in [1.82, 2.24) is 0 Å². The zero-order valence-corrected chi connectivity index (χ0v) is 17.1. The van der Waals surface area contributed by atoms with Gasteiger partial charge in [0.15, 0.2) is 0 Å². The van der Waals surface area contributed by atoms with Crippen LogP contribution in [0.15, 0.2) is 0 Å². The molecule has 6 atom stereocenters. The van der Waals surface area contributed by atoms with Gasteiger partial charge in [-0.25, -0.2) is 4.31 Å². The van der Waals surface area contributed by atoms with Gasteiger partial charge in [0, 0.05) is 0 Å². The van der Waals surface area contributed by atoms with Gasteiger partial charge in [0.1, 0.15) is 0 Å². The van der Waals surface area contributed by atoms with E-state index in [1.807, 2.05) is 0 Å². The van der Waals surface area contributed by atoms with Crippen LogP contribution in [0.3, 0.4) is 0 Å². The van der Waals surface area contributed by atoms with Crippen molar-refractivity contribution in [3.63, 3.8) is 0 Å². The summed E-state index contributed by atoms with van der Waals surface area (Å²) in [6.45, 7) is -0.468. The molecule has 14 heteroatoms. The Bertz CT molecular complexity index is 674. The highest BCUT2D eigenvalue weighted by Gasteiger charge is 2.45. The number of hydrogen-bond donors (Lipinski definition) is 0. The zero-order chi connectivity index (χ0) is 19.9. The Hall–Kier alpha value is 0.370. The highest BCUT2D eigenvalue weighted by molar-refractivity contribution is 7.64. The summed E-state index contributed by atoms with van der Waals surface area (Å²) >= 11 is 0. The van der Waals surface area contributed by atoms with Gasteiger partial charge in [0.05, 0.1) is 26.6 Å². The van der Waals surface area contributed by atoms with Crippen molar-refractivity contribution in [2.24, 2.45) is 17.8 Å². The Labute approximate surface area is 156 Å². The number of hydrogen-bond acceptors (Lipinski definition) is 11. The van der Waals surface area contributed by atoms with Crippen LogP contribution in [0.5, 0.6) is 0 Å². The monoisotopic (exact) mass is 446 g/mol. The van der Waals surface area contributed by atoms with Crippen LogP contribution in [0, 0.1) is 17.8 Å². The minimum atomic E-state index is -5.98. The fraction of sp³-hybridized carbons (Fsp3) is 1.00. The number of rotatable bonds is 9. The number of ether oxygens (including phenoxy) is 1. The molecule has 0 radical (unpaired) electrons. The second-order valence-electron chi connectivity index (χ2n) is 7.27. The summed E-state index contributed by atoms with van der Waals surface area (Å²) in [7, 11) is -17.3. The Balaban J connectivity index is 1.44. The molecule has 1 saturated heterocycles. The van der Waals surface area contributed by atoms with Crippen LogP contribution in [0.4, 0.5) is 0 Å². The third-order valence-corrected chi connectivity index (χ3v) is 9.24. The summed E-state index contributed by atoms with van der Waals surface area (Å²) in [6, 6.07) is 0.